The summed E-state index contributed by atoms with van der Waals surface area (Å²) in [5, 5.41) is 4.42. The van der Waals surface area contributed by atoms with Gasteiger partial charge in [-0.3, -0.25) is 5.10 Å². The summed E-state index contributed by atoms with van der Waals surface area (Å²) in [4.78, 5) is 4.46. The Hall–Kier alpha value is -2.46. The minimum Gasteiger partial charge on any atom is -0.291 e. The second-order valence-corrected chi connectivity index (χ2v) is 5.03. The first kappa shape index (κ1) is 11.4. The molecule has 0 aliphatic heterocycles. The second kappa shape index (κ2) is 4.28. The number of aromatic amines is 1. The van der Waals surface area contributed by atoms with Crippen molar-refractivity contribution in [1.29, 1.82) is 0 Å². The summed E-state index contributed by atoms with van der Waals surface area (Å²) in [6.45, 7) is 0. The molecule has 2 aromatic carbocycles. The number of hydrogen-bond acceptors (Lipinski definition) is 2. The van der Waals surface area contributed by atoms with Gasteiger partial charge in [-0.1, -0.05) is 48.5 Å². The van der Waals surface area contributed by atoms with Crippen molar-refractivity contribution >= 4 is 28.6 Å². The van der Waals surface area contributed by atoms with Crippen molar-refractivity contribution in [2.75, 3.05) is 0 Å². The Morgan fingerprint density at radius 2 is 1.70 bits per heavy atom. The molecule has 2 aromatic heterocycles. The summed E-state index contributed by atoms with van der Waals surface area (Å²) in [5.74, 6) is 0. The SMILES string of the molecule is S=c1nc2ccccc2c2cc(-c3ccccc3)[nH]n12. The minimum absolute atomic E-state index is 0.542. The molecule has 0 aliphatic rings. The Labute approximate surface area is 120 Å². The molecule has 4 aromatic rings. The van der Waals surface area contributed by atoms with Crippen LogP contribution in [0.2, 0.25) is 0 Å². The normalized spacial score (nSPS) is 11.2. The monoisotopic (exact) mass is 277 g/mol. The van der Waals surface area contributed by atoms with E-state index >= 15 is 0 Å². The molecular formula is C16H11N3S. The van der Waals surface area contributed by atoms with Gasteiger partial charge in [0.05, 0.1) is 16.7 Å². The molecule has 0 fully saturated rings. The van der Waals surface area contributed by atoms with E-state index < -0.39 is 0 Å². The minimum atomic E-state index is 0.542. The Morgan fingerprint density at radius 3 is 2.55 bits per heavy atom. The number of benzene rings is 2. The molecular weight excluding hydrogens is 266 g/mol. The van der Waals surface area contributed by atoms with Crippen molar-refractivity contribution in [1.82, 2.24) is 14.6 Å². The highest BCUT2D eigenvalue weighted by Crippen LogP contribution is 2.24. The molecule has 3 nitrogen and oxygen atoms in total. The maximum atomic E-state index is 5.37. The van der Waals surface area contributed by atoms with Crippen molar-refractivity contribution in [2.45, 2.75) is 0 Å². The van der Waals surface area contributed by atoms with Gasteiger partial charge in [-0.2, -0.15) is 0 Å². The summed E-state index contributed by atoms with van der Waals surface area (Å²) < 4.78 is 2.40. The summed E-state index contributed by atoms with van der Waals surface area (Å²) >= 11 is 5.37. The van der Waals surface area contributed by atoms with Crippen LogP contribution in [0, 0.1) is 4.77 Å². The number of fused-ring (bicyclic) bond motifs is 3. The van der Waals surface area contributed by atoms with Gasteiger partial charge >= 0.3 is 0 Å². The third-order valence-electron chi connectivity index (χ3n) is 3.43. The van der Waals surface area contributed by atoms with Gasteiger partial charge in [-0.05, 0) is 29.9 Å². The smallest absolute Gasteiger partial charge is 0.219 e. The van der Waals surface area contributed by atoms with Crippen LogP contribution in [-0.4, -0.2) is 14.6 Å². The van der Waals surface area contributed by atoms with Gasteiger partial charge in [0.25, 0.3) is 0 Å². The predicted molar refractivity (Wildman–Crippen MR) is 83.3 cm³/mol. The molecule has 4 heteroatoms. The first-order chi connectivity index (χ1) is 9.83. The van der Waals surface area contributed by atoms with Crippen LogP contribution in [-0.2, 0) is 0 Å². The van der Waals surface area contributed by atoms with Crippen molar-refractivity contribution < 1.29 is 0 Å². The fourth-order valence-electron chi connectivity index (χ4n) is 2.47. The summed E-state index contributed by atoms with van der Waals surface area (Å²) in [6, 6.07) is 20.4. The van der Waals surface area contributed by atoms with Crippen molar-refractivity contribution in [3.63, 3.8) is 0 Å². The summed E-state index contributed by atoms with van der Waals surface area (Å²) in [6.07, 6.45) is 0. The Kier molecular flexibility index (Phi) is 2.44. The number of rotatable bonds is 1. The van der Waals surface area contributed by atoms with Crippen LogP contribution in [0.4, 0.5) is 0 Å². The van der Waals surface area contributed by atoms with E-state index in [0.29, 0.717) is 4.77 Å². The van der Waals surface area contributed by atoms with Crippen LogP contribution in [0.25, 0.3) is 27.7 Å². The zero-order valence-electron chi connectivity index (χ0n) is 10.6. The molecule has 0 bridgehead atoms. The highest BCUT2D eigenvalue weighted by Gasteiger charge is 2.07. The maximum absolute atomic E-state index is 5.37. The predicted octanol–water partition coefficient (Wildman–Crippen LogP) is 4.21. The van der Waals surface area contributed by atoms with Crippen molar-refractivity contribution in [3.8, 4) is 11.3 Å². The molecule has 0 atom stereocenters. The molecule has 4 rings (SSSR count). The average molecular weight is 277 g/mol. The standard InChI is InChI=1S/C16H11N3S/c20-16-17-13-9-5-4-8-12(13)15-10-14(18-19(15)16)11-6-2-1-3-7-11/h1-10,18H. The van der Waals surface area contributed by atoms with Gasteiger partial charge in [-0.25, -0.2) is 9.50 Å². The molecule has 20 heavy (non-hydrogen) atoms. The fourth-order valence-corrected chi connectivity index (χ4v) is 2.71. The molecule has 0 radical (unpaired) electrons. The van der Waals surface area contributed by atoms with Crippen LogP contribution in [0.1, 0.15) is 0 Å². The lowest BCUT2D eigenvalue weighted by Crippen LogP contribution is -1.93. The van der Waals surface area contributed by atoms with Crippen LogP contribution in [0.15, 0.2) is 60.7 Å². The number of nitrogens with one attached hydrogen (secondary N) is 1. The fraction of sp³-hybridized carbons (Fsp3) is 0. The number of para-hydroxylation sites is 1. The summed E-state index contributed by atoms with van der Waals surface area (Å²) in [5.41, 5.74) is 4.15. The number of aromatic nitrogens is 3. The number of H-pyrrole nitrogens is 1. The Balaban J connectivity index is 2.11. The largest absolute Gasteiger partial charge is 0.291 e. The lowest BCUT2D eigenvalue weighted by Gasteiger charge is -1.99. The molecule has 0 amide bonds. The third-order valence-corrected chi connectivity index (χ3v) is 3.70. The van der Waals surface area contributed by atoms with Gasteiger partial charge in [-0.15, -0.1) is 0 Å². The van der Waals surface area contributed by atoms with Crippen LogP contribution >= 0.6 is 12.2 Å². The average Bonchev–Trinajstić information content (AvgIpc) is 2.94. The lowest BCUT2D eigenvalue weighted by atomic mass is 10.1. The Morgan fingerprint density at radius 1 is 0.950 bits per heavy atom. The number of nitrogens with zero attached hydrogens (tertiary/aromatic N) is 2. The van der Waals surface area contributed by atoms with E-state index in [1.807, 2.05) is 40.9 Å². The van der Waals surface area contributed by atoms with E-state index in [2.05, 4.69) is 34.3 Å². The third kappa shape index (κ3) is 1.66. The van der Waals surface area contributed by atoms with Gasteiger partial charge in [0.15, 0.2) is 0 Å². The van der Waals surface area contributed by atoms with Gasteiger partial charge < -0.3 is 0 Å². The van der Waals surface area contributed by atoms with E-state index in [-0.39, 0.29) is 0 Å². The van der Waals surface area contributed by atoms with Gasteiger partial charge in [0.1, 0.15) is 0 Å². The van der Waals surface area contributed by atoms with E-state index in [9.17, 15) is 0 Å². The van der Waals surface area contributed by atoms with E-state index in [4.69, 9.17) is 12.2 Å². The lowest BCUT2D eigenvalue weighted by molar-refractivity contribution is 0.919. The van der Waals surface area contributed by atoms with Gasteiger partial charge in [0, 0.05) is 5.39 Å². The maximum Gasteiger partial charge on any atom is 0.219 e. The van der Waals surface area contributed by atoms with Crippen molar-refractivity contribution in [2.24, 2.45) is 0 Å². The van der Waals surface area contributed by atoms with Crippen LogP contribution in [0.5, 0.6) is 0 Å². The second-order valence-electron chi connectivity index (χ2n) is 4.67. The van der Waals surface area contributed by atoms with Crippen LogP contribution in [0.3, 0.4) is 0 Å². The first-order valence-corrected chi connectivity index (χ1v) is 6.80. The zero-order valence-corrected chi connectivity index (χ0v) is 11.4. The highest BCUT2D eigenvalue weighted by atomic mass is 32.1. The number of hydrogen-bond donors (Lipinski definition) is 1. The molecule has 0 spiro atoms. The first-order valence-electron chi connectivity index (χ1n) is 6.39. The molecule has 0 unspecified atom stereocenters. The van der Waals surface area contributed by atoms with Crippen LogP contribution < -0.4 is 0 Å². The van der Waals surface area contributed by atoms with Crippen molar-refractivity contribution in [3.05, 3.63) is 65.4 Å². The van der Waals surface area contributed by atoms with E-state index in [1.165, 1.54) is 0 Å². The molecule has 0 saturated heterocycles. The topological polar surface area (TPSA) is 33.1 Å². The molecule has 0 aliphatic carbocycles. The Bertz CT molecular complexity index is 967. The quantitative estimate of drug-likeness (QED) is 0.529. The molecule has 0 saturated carbocycles. The molecule has 2 heterocycles. The van der Waals surface area contributed by atoms with E-state index in [1.54, 1.807) is 0 Å². The highest BCUT2D eigenvalue weighted by molar-refractivity contribution is 7.71. The molecule has 1 N–H and O–H groups in total. The van der Waals surface area contributed by atoms with Gasteiger partial charge in [0.2, 0.25) is 4.77 Å². The summed E-state index contributed by atoms with van der Waals surface area (Å²) in [7, 11) is 0. The van der Waals surface area contributed by atoms with E-state index in [0.717, 1.165) is 27.7 Å². The molecule has 96 valence electrons. The zero-order chi connectivity index (χ0) is 13.5.